The Morgan fingerprint density at radius 3 is 2.75 bits per heavy atom. The Kier molecular flexibility index (Phi) is 2.14. The van der Waals surface area contributed by atoms with Crippen molar-refractivity contribution in [2.24, 2.45) is 0 Å². The topological polar surface area (TPSA) is 35.8 Å². The van der Waals surface area contributed by atoms with E-state index in [0.29, 0.717) is 0 Å². The molecule has 1 aliphatic carbocycles. The molecular weight excluding hydrogens is 196 g/mol. The summed E-state index contributed by atoms with van der Waals surface area (Å²) in [7, 11) is 0. The molecule has 0 aromatic heterocycles. The van der Waals surface area contributed by atoms with Gasteiger partial charge in [-0.25, -0.2) is 0 Å². The smallest absolute Gasteiger partial charge is 0.0995 e. The van der Waals surface area contributed by atoms with Crippen LogP contribution in [0.4, 0.5) is 5.69 Å². The Labute approximate surface area is 96.3 Å². The molecule has 2 aliphatic rings. The summed E-state index contributed by atoms with van der Waals surface area (Å²) in [5.74, 6) is 0. The lowest BCUT2D eigenvalue weighted by Crippen LogP contribution is -2.38. The van der Waals surface area contributed by atoms with Gasteiger partial charge in [0.25, 0.3) is 0 Å². The van der Waals surface area contributed by atoms with E-state index >= 15 is 0 Å². The second-order valence-corrected chi connectivity index (χ2v) is 5.09. The number of nitrogens with zero attached hydrogens (tertiary/aromatic N) is 1. The molecule has 16 heavy (non-hydrogen) atoms. The van der Waals surface area contributed by atoms with Gasteiger partial charge in [-0.05, 0) is 37.0 Å². The Bertz CT molecular complexity index is 450. The van der Waals surface area contributed by atoms with Crippen molar-refractivity contribution in [3.63, 3.8) is 0 Å². The van der Waals surface area contributed by atoms with Crippen LogP contribution in [0.5, 0.6) is 0 Å². The van der Waals surface area contributed by atoms with Gasteiger partial charge in [-0.15, -0.1) is 0 Å². The van der Waals surface area contributed by atoms with Crippen molar-refractivity contribution in [3.8, 4) is 6.07 Å². The number of nitrogens with one attached hydrogen (secondary N) is 1. The Morgan fingerprint density at radius 1 is 1.19 bits per heavy atom. The van der Waals surface area contributed by atoms with Crippen molar-refractivity contribution in [2.75, 3.05) is 5.32 Å². The van der Waals surface area contributed by atoms with Crippen LogP contribution >= 0.6 is 0 Å². The molecule has 0 saturated heterocycles. The molecule has 0 radical (unpaired) electrons. The second kappa shape index (κ2) is 3.52. The summed E-state index contributed by atoms with van der Waals surface area (Å²) < 4.78 is 0. The van der Waals surface area contributed by atoms with E-state index in [2.05, 4.69) is 17.5 Å². The van der Waals surface area contributed by atoms with Gasteiger partial charge < -0.3 is 5.32 Å². The van der Waals surface area contributed by atoms with E-state index in [-0.39, 0.29) is 5.54 Å². The minimum Gasteiger partial charge on any atom is -0.379 e. The number of rotatable bonds is 0. The number of anilines is 1. The van der Waals surface area contributed by atoms with Crippen molar-refractivity contribution in [1.82, 2.24) is 0 Å². The largest absolute Gasteiger partial charge is 0.379 e. The maximum Gasteiger partial charge on any atom is 0.0995 e. The third-order valence-electron chi connectivity index (χ3n) is 4.02. The summed E-state index contributed by atoms with van der Waals surface area (Å²) in [5, 5.41) is 12.8. The van der Waals surface area contributed by atoms with E-state index in [4.69, 9.17) is 5.26 Å². The van der Waals surface area contributed by atoms with Gasteiger partial charge in [0.2, 0.25) is 0 Å². The quantitative estimate of drug-likeness (QED) is 0.716. The van der Waals surface area contributed by atoms with Crippen LogP contribution in [0, 0.1) is 11.3 Å². The zero-order valence-electron chi connectivity index (χ0n) is 9.42. The van der Waals surface area contributed by atoms with E-state index in [9.17, 15) is 0 Å². The normalized spacial score (nSPS) is 21.2. The highest BCUT2D eigenvalue weighted by Crippen LogP contribution is 2.42. The molecular formula is C14H16N2. The van der Waals surface area contributed by atoms with Crippen LogP contribution in [-0.4, -0.2) is 5.54 Å². The Hall–Kier alpha value is -1.49. The monoisotopic (exact) mass is 212 g/mol. The highest BCUT2D eigenvalue weighted by atomic mass is 15.0. The average Bonchev–Trinajstić information content (AvgIpc) is 2.67. The summed E-state index contributed by atoms with van der Waals surface area (Å²) in [4.78, 5) is 0. The first-order valence-corrected chi connectivity index (χ1v) is 6.13. The Balaban J connectivity index is 1.97. The molecule has 1 N–H and O–H groups in total. The van der Waals surface area contributed by atoms with Crippen LogP contribution in [0.25, 0.3) is 0 Å². The molecule has 2 heteroatoms. The highest BCUT2D eigenvalue weighted by molar-refractivity contribution is 5.64. The Morgan fingerprint density at radius 2 is 2.00 bits per heavy atom. The van der Waals surface area contributed by atoms with Crippen LogP contribution in [0.3, 0.4) is 0 Å². The van der Waals surface area contributed by atoms with Gasteiger partial charge in [0.05, 0.1) is 11.6 Å². The fourth-order valence-electron chi connectivity index (χ4n) is 3.20. The lowest BCUT2D eigenvalue weighted by molar-refractivity contribution is 0.333. The first-order valence-electron chi connectivity index (χ1n) is 6.13. The molecule has 0 bridgehead atoms. The van der Waals surface area contributed by atoms with Gasteiger partial charge in [-0.3, -0.25) is 0 Å². The number of hydrogen-bond donors (Lipinski definition) is 1. The molecule has 1 aromatic rings. The first-order chi connectivity index (χ1) is 7.83. The fourth-order valence-corrected chi connectivity index (χ4v) is 3.20. The molecule has 0 amide bonds. The lowest BCUT2D eigenvalue weighted by atomic mass is 9.79. The van der Waals surface area contributed by atoms with Crippen molar-refractivity contribution in [3.05, 3.63) is 29.3 Å². The van der Waals surface area contributed by atoms with Crippen molar-refractivity contribution in [1.29, 1.82) is 5.26 Å². The summed E-state index contributed by atoms with van der Waals surface area (Å²) in [6.45, 7) is 0. The van der Waals surface area contributed by atoms with E-state index in [1.165, 1.54) is 43.4 Å². The molecule has 1 heterocycles. The van der Waals surface area contributed by atoms with Gasteiger partial charge in [-0.2, -0.15) is 5.26 Å². The van der Waals surface area contributed by atoms with Crippen molar-refractivity contribution >= 4 is 5.69 Å². The molecule has 0 atom stereocenters. The lowest BCUT2D eigenvalue weighted by Gasteiger charge is -2.34. The molecule has 82 valence electrons. The van der Waals surface area contributed by atoms with E-state index in [1.54, 1.807) is 0 Å². The third kappa shape index (κ3) is 1.39. The number of fused-ring (bicyclic) bond motifs is 1. The molecule has 1 aliphatic heterocycles. The zero-order chi connectivity index (χ0) is 11.0. The fraction of sp³-hybridized carbons (Fsp3) is 0.500. The average molecular weight is 212 g/mol. The van der Waals surface area contributed by atoms with Gasteiger partial charge in [0, 0.05) is 11.2 Å². The molecule has 1 spiro atoms. The summed E-state index contributed by atoms with van der Waals surface area (Å²) in [6, 6.07) is 8.33. The van der Waals surface area contributed by atoms with Gasteiger partial charge in [0.1, 0.15) is 0 Å². The van der Waals surface area contributed by atoms with Crippen LogP contribution in [0.1, 0.15) is 43.2 Å². The number of nitriles is 1. The second-order valence-electron chi connectivity index (χ2n) is 5.09. The third-order valence-corrected chi connectivity index (χ3v) is 4.02. The molecule has 2 nitrogen and oxygen atoms in total. The van der Waals surface area contributed by atoms with Crippen LogP contribution in [0.15, 0.2) is 18.2 Å². The van der Waals surface area contributed by atoms with Crippen molar-refractivity contribution in [2.45, 2.75) is 44.1 Å². The summed E-state index contributed by atoms with van der Waals surface area (Å²) in [6.07, 6.45) is 7.57. The van der Waals surface area contributed by atoms with E-state index in [1.807, 2.05) is 12.1 Å². The minimum atomic E-state index is 0.271. The van der Waals surface area contributed by atoms with Crippen LogP contribution in [-0.2, 0) is 6.42 Å². The molecule has 1 saturated carbocycles. The predicted molar refractivity (Wildman–Crippen MR) is 64.3 cm³/mol. The standard InChI is InChI=1S/C14H16N2/c15-10-11-5-4-6-13-12(11)9-14(16-13)7-2-1-3-8-14/h4-6,16H,1-3,7-9H2. The number of hydrogen-bond acceptors (Lipinski definition) is 2. The van der Waals surface area contributed by atoms with Crippen LogP contribution in [0.2, 0.25) is 0 Å². The summed E-state index contributed by atoms with van der Waals surface area (Å²) in [5.41, 5.74) is 3.56. The maximum absolute atomic E-state index is 9.11. The minimum absolute atomic E-state index is 0.271. The predicted octanol–water partition coefficient (Wildman–Crippen LogP) is 3.23. The van der Waals surface area contributed by atoms with Gasteiger partial charge in [0.15, 0.2) is 0 Å². The summed E-state index contributed by atoms with van der Waals surface area (Å²) >= 11 is 0. The number of benzene rings is 1. The highest BCUT2D eigenvalue weighted by Gasteiger charge is 2.38. The van der Waals surface area contributed by atoms with Gasteiger partial charge in [-0.1, -0.05) is 25.3 Å². The van der Waals surface area contributed by atoms with E-state index < -0.39 is 0 Å². The molecule has 3 rings (SSSR count). The molecule has 1 aromatic carbocycles. The van der Waals surface area contributed by atoms with Gasteiger partial charge >= 0.3 is 0 Å². The maximum atomic E-state index is 9.11. The molecule has 0 unspecified atom stereocenters. The van der Waals surface area contributed by atoms with Crippen molar-refractivity contribution < 1.29 is 0 Å². The van der Waals surface area contributed by atoms with Crippen LogP contribution < -0.4 is 5.32 Å². The van der Waals surface area contributed by atoms with E-state index in [0.717, 1.165) is 12.0 Å². The zero-order valence-corrected chi connectivity index (χ0v) is 9.42. The first kappa shape index (κ1) is 9.72. The SMILES string of the molecule is N#Cc1cccc2c1CC1(CCCCC1)N2. The molecule has 1 fully saturated rings.